The Morgan fingerprint density at radius 2 is 1.86 bits per heavy atom. The van der Waals surface area contributed by atoms with E-state index in [4.69, 9.17) is 25.5 Å². The summed E-state index contributed by atoms with van der Waals surface area (Å²) in [6, 6.07) is 5.01. The summed E-state index contributed by atoms with van der Waals surface area (Å²) in [5.41, 5.74) is 0.957. The Morgan fingerprint density at radius 1 is 1.09 bits per heavy atom. The number of ether oxygens (including phenoxy) is 2. The number of ketones is 1. The summed E-state index contributed by atoms with van der Waals surface area (Å²) in [7, 11) is 1.38. The fourth-order valence-electron chi connectivity index (χ4n) is 3.91. The van der Waals surface area contributed by atoms with Crippen molar-refractivity contribution in [2.45, 2.75) is 44.6 Å². The molecule has 2 heterocycles. The van der Waals surface area contributed by atoms with Crippen LogP contribution < -0.4 is 4.74 Å². The van der Waals surface area contributed by atoms with Crippen LogP contribution in [0.25, 0.3) is 0 Å². The molecule has 1 fully saturated rings. The fourth-order valence-corrected chi connectivity index (χ4v) is 4.15. The Hall–Kier alpha value is -3.40. The zero-order valence-corrected chi connectivity index (χ0v) is 19.6. The minimum Gasteiger partial charge on any atom is -0.473 e. The Kier molecular flexibility index (Phi) is 7.70. The average Bonchev–Trinajstić information content (AvgIpc) is 3.32. The van der Waals surface area contributed by atoms with Gasteiger partial charge in [0.2, 0.25) is 17.6 Å². The highest BCUT2D eigenvalue weighted by atomic mass is 35.5. The molecular formula is C24H22ClF2N3O5. The van der Waals surface area contributed by atoms with Crippen LogP contribution >= 0.6 is 11.6 Å². The summed E-state index contributed by atoms with van der Waals surface area (Å²) in [5, 5.41) is 7.80. The number of aromatic nitrogens is 3. The molecule has 1 aromatic carbocycles. The van der Waals surface area contributed by atoms with Gasteiger partial charge in [0.15, 0.2) is 11.6 Å². The molecule has 2 aromatic heterocycles. The molecule has 35 heavy (non-hydrogen) atoms. The van der Waals surface area contributed by atoms with Gasteiger partial charge in [-0.25, -0.2) is 13.8 Å². The zero-order chi connectivity index (χ0) is 24.9. The van der Waals surface area contributed by atoms with Crippen LogP contribution in [0.1, 0.15) is 53.4 Å². The van der Waals surface area contributed by atoms with Crippen molar-refractivity contribution >= 4 is 23.4 Å². The average molecular weight is 506 g/mol. The molecule has 3 aromatic rings. The molecule has 1 saturated carbocycles. The lowest BCUT2D eigenvalue weighted by molar-refractivity contribution is -0.147. The van der Waals surface area contributed by atoms with Crippen LogP contribution in [0, 0.1) is 17.6 Å². The molecule has 0 bridgehead atoms. The Bertz CT molecular complexity index is 1230. The van der Waals surface area contributed by atoms with Crippen molar-refractivity contribution in [3.8, 4) is 5.88 Å². The van der Waals surface area contributed by atoms with Crippen molar-refractivity contribution in [2.75, 3.05) is 7.11 Å². The minimum atomic E-state index is -0.982. The van der Waals surface area contributed by atoms with Crippen molar-refractivity contribution in [2.24, 2.45) is 5.92 Å². The minimum absolute atomic E-state index is 0.0540. The van der Waals surface area contributed by atoms with E-state index in [1.54, 1.807) is 6.07 Å². The Balaban J connectivity index is 1.33. The van der Waals surface area contributed by atoms with Crippen molar-refractivity contribution in [3.63, 3.8) is 0 Å². The standard InChI is InChI=1S/C24H22ClF2N3O5/c1-33-24(32)15-3-5-16(6-4-15)34-22-17(25)8-14(12-28-22)10-20(31)23-30-29-21(35-23)11-13-2-7-18(26)19(27)9-13/h2,7-9,12,15-16H,3-6,10-11H2,1H3. The van der Waals surface area contributed by atoms with Crippen LogP contribution in [0.2, 0.25) is 5.02 Å². The lowest BCUT2D eigenvalue weighted by Gasteiger charge is -2.27. The molecule has 0 N–H and O–H groups in total. The normalized spacial score (nSPS) is 17.7. The summed E-state index contributed by atoms with van der Waals surface area (Å²) >= 11 is 6.32. The predicted octanol–water partition coefficient (Wildman–Crippen LogP) is 4.52. The number of carbonyl (C=O) groups is 2. The van der Waals surface area contributed by atoms with Gasteiger partial charge in [-0.3, -0.25) is 9.59 Å². The SMILES string of the molecule is COC(=O)C1CCC(Oc2ncc(CC(=O)c3nnc(Cc4ccc(F)c(F)c4)o3)cc2Cl)CC1. The largest absolute Gasteiger partial charge is 0.473 e. The van der Waals surface area contributed by atoms with E-state index in [1.165, 1.54) is 19.4 Å². The van der Waals surface area contributed by atoms with Crippen molar-refractivity contribution < 1.29 is 32.3 Å². The van der Waals surface area contributed by atoms with Gasteiger partial charge < -0.3 is 13.9 Å². The maximum absolute atomic E-state index is 13.4. The van der Waals surface area contributed by atoms with Gasteiger partial charge in [0.1, 0.15) is 11.1 Å². The quantitative estimate of drug-likeness (QED) is 0.325. The number of halogens is 3. The molecule has 11 heteroatoms. The van der Waals surface area contributed by atoms with E-state index in [0.29, 0.717) is 36.8 Å². The Labute approximate surface area is 204 Å². The molecule has 8 nitrogen and oxygen atoms in total. The molecule has 0 spiro atoms. The second-order valence-electron chi connectivity index (χ2n) is 8.27. The highest BCUT2D eigenvalue weighted by Gasteiger charge is 2.28. The van der Waals surface area contributed by atoms with Crippen LogP contribution in [-0.4, -0.2) is 40.1 Å². The zero-order valence-electron chi connectivity index (χ0n) is 18.8. The van der Waals surface area contributed by atoms with E-state index in [1.807, 2.05) is 0 Å². The first-order valence-corrected chi connectivity index (χ1v) is 11.4. The predicted molar refractivity (Wildman–Crippen MR) is 119 cm³/mol. The molecule has 4 rings (SSSR count). The van der Waals surface area contributed by atoms with E-state index >= 15 is 0 Å². The number of hydrogen-bond acceptors (Lipinski definition) is 8. The lowest BCUT2D eigenvalue weighted by Crippen LogP contribution is -2.28. The Morgan fingerprint density at radius 3 is 2.54 bits per heavy atom. The molecule has 0 radical (unpaired) electrons. The molecule has 1 aliphatic rings. The fraction of sp³-hybridized carbons (Fsp3) is 0.375. The van der Waals surface area contributed by atoms with Gasteiger partial charge in [-0.1, -0.05) is 17.7 Å². The van der Waals surface area contributed by atoms with Gasteiger partial charge in [-0.2, -0.15) is 0 Å². The summed E-state index contributed by atoms with van der Waals surface area (Å²) < 4.78 is 42.5. The summed E-state index contributed by atoms with van der Waals surface area (Å²) in [4.78, 5) is 28.4. The molecule has 0 atom stereocenters. The van der Waals surface area contributed by atoms with E-state index in [2.05, 4.69) is 15.2 Å². The molecule has 1 aliphatic carbocycles. The highest BCUT2D eigenvalue weighted by Crippen LogP contribution is 2.31. The van der Waals surface area contributed by atoms with Crippen molar-refractivity contribution in [1.29, 1.82) is 0 Å². The molecule has 0 unspecified atom stereocenters. The maximum atomic E-state index is 13.4. The number of methoxy groups -OCH3 is 1. The topological polar surface area (TPSA) is 104 Å². The third kappa shape index (κ3) is 6.19. The van der Waals surface area contributed by atoms with E-state index in [9.17, 15) is 18.4 Å². The van der Waals surface area contributed by atoms with Gasteiger partial charge in [-0.15, -0.1) is 10.2 Å². The molecule has 184 valence electrons. The van der Waals surface area contributed by atoms with E-state index in [-0.39, 0.29) is 53.5 Å². The first kappa shape index (κ1) is 24.7. The van der Waals surface area contributed by atoms with Crippen LogP contribution in [0.4, 0.5) is 8.78 Å². The van der Waals surface area contributed by atoms with Crippen molar-refractivity contribution in [1.82, 2.24) is 15.2 Å². The second kappa shape index (κ2) is 10.9. The summed E-state index contributed by atoms with van der Waals surface area (Å²) in [5.74, 6) is -2.54. The number of rotatable bonds is 8. The van der Waals surface area contributed by atoms with Gasteiger partial charge >= 0.3 is 5.97 Å². The first-order valence-electron chi connectivity index (χ1n) is 11.0. The smallest absolute Gasteiger partial charge is 0.308 e. The van der Waals surface area contributed by atoms with Crippen molar-refractivity contribution in [3.05, 3.63) is 70.0 Å². The van der Waals surface area contributed by atoms with Crippen LogP contribution in [0.15, 0.2) is 34.9 Å². The van der Waals surface area contributed by atoms with Gasteiger partial charge in [0, 0.05) is 12.6 Å². The van der Waals surface area contributed by atoms with Gasteiger partial charge in [-0.05, 0) is 55.0 Å². The molecular weight excluding hydrogens is 484 g/mol. The summed E-state index contributed by atoms with van der Waals surface area (Å²) in [6.45, 7) is 0. The van der Waals surface area contributed by atoms with Gasteiger partial charge in [0.05, 0.1) is 19.4 Å². The van der Waals surface area contributed by atoms with Crippen LogP contribution in [0.3, 0.4) is 0 Å². The van der Waals surface area contributed by atoms with Crippen LogP contribution in [-0.2, 0) is 22.4 Å². The monoisotopic (exact) mass is 505 g/mol. The number of nitrogens with zero attached hydrogens (tertiary/aromatic N) is 3. The lowest BCUT2D eigenvalue weighted by atomic mass is 9.87. The second-order valence-corrected chi connectivity index (χ2v) is 8.68. The molecule has 0 saturated heterocycles. The molecule has 0 amide bonds. The van der Waals surface area contributed by atoms with E-state index < -0.39 is 17.4 Å². The maximum Gasteiger partial charge on any atom is 0.308 e. The number of benzene rings is 1. The number of hydrogen-bond donors (Lipinski definition) is 0. The van der Waals surface area contributed by atoms with Gasteiger partial charge in [0.25, 0.3) is 5.89 Å². The molecule has 0 aliphatic heterocycles. The van der Waals surface area contributed by atoms with E-state index in [0.717, 1.165) is 12.1 Å². The summed E-state index contributed by atoms with van der Waals surface area (Å²) in [6.07, 6.45) is 4.05. The third-order valence-electron chi connectivity index (χ3n) is 5.76. The number of pyridine rings is 1. The van der Waals surface area contributed by atoms with Crippen LogP contribution in [0.5, 0.6) is 5.88 Å². The highest BCUT2D eigenvalue weighted by molar-refractivity contribution is 6.31. The number of Topliss-reactive ketones (excluding diaryl/α,β-unsaturated/α-hetero) is 1. The number of carbonyl (C=O) groups excluding carboxylic acids is 2. The number of esters is 1. The third-order valence-corrected chi connectivity index (χ3v) is 6.03. The first-order chi connectivity index (χ1) is 16.8.